The largest absolute Gasteiger partial charge is 0.481 e. The van der Waals surface area contributed by atoms with E-state index in [-0.39, 0.29) is 12.0 Å². The van der Waals surface area contributed by atoms with Gasteiger partial charge in [0.15, 0.2) is 0 Å². The number of carboxylic acid groups (broad SMARTS) is 1. The first-order valence-corrected chi connectivity index (χ1v) is 5.28. The molecule has 1 aliphatic carbocycles. The van der Waals surface area contributed by atoms with E-state index in [1.165, 1.54) is 0 Å². The van der Waals surface area contributed by atoms with Crippen LogP contribution < -0.4 is 0 Å². The monoisotopic (exact) mass is 236 g/mol. The van der Waals surface area contributed by atoms with E-state index < -0.39 is 5.97 Å². The Morgan fingerprint density at radius 1 is 1.50 bits per heavy atom. The maximum atomic E-state index is 10.7. The molecule has 0 aromatic carbocycles. The van der Waals surface area contributed by atoms with Gasteiger partial charge in [-0.3, -0.25) is 4.79 Å². The second-order valence-electron chi connectivity index (χ2n) is 3.04. The molecule has 0 heterocycles. The highest BCUT2D eigenvalue weighted by molar-refractivity contribution is 9.09. The van der Waals surface area contributed by atoms with Crippen LogP contribution in [0.1, 0.15) is 25.7 Å². The van der Waals surface area contributed by atoms with E-state index in [1.807, 2.05) is 0 Å². The summed E-state index contributed by atoms with van der Waals surface area (Å²) in [4.78, 5) is 10.7. The number of ether oxygens (including phenoxy) is 1. The van der Waals surface area contributed by atoms with Crippen LogP contribution in [0.15, 0.2) is 0 Å². The lowest BCUT2D eigenvalue weighted by atomic mass is 9.86. The molecule has 2 unspecified atom stereocenters. The molecule has 0 bridgehead atoms. The van der Waals surface area contributed by atoms with Gasteiger partial charge in [-0.1, -0.05) is 28.8 Å². The van der Waals surface area contributed by atoms with Crippen molar-refractivity contribution in [2.75, 3.05) is 5.52 Å². The predicted octanol–water partition coefficient (Wildman–Crippen LogP) is 2.00. The number of hydrogen-bond donors (Lipinski definition) is 1. The minimum absolute atomic E-state index is 0.0874. The molecular weight excluding hydrogens is 224 g/mol. The van der Waals surface area contributed by atoms with E-state index in [9.17, 15) is 4.79 Å². The Kier molecular flexibility index (Phi) is 4.01. The molecule has 0 aromatic rings. The van der Waals surface area contributed by atoms with E-state index >= 15 is 0 Å². The lowest BCUT2D eigenvalue weighted by Gasteiger charge is -2.27. The number of hydrogen-bond acceptors (Lipinski definition) is 2. The molecule has 0 spiro atoms. The highest BCUT2D eigenvalue weighted by atomic mass is 79.9. The van der Waals surface area contributed by atoms with Gasteiger partial charge in [0.1, 0.15) is 5.52 Å². The Hall–Kier alpha value is -0.0900. The minimum atomic E-state index is -0.722. The summed E-state index contributed by atoms with van der Waals surface area (Å²) in [6, 6.07) is 0. The summed E-state index contributed by atoms with van der Waals surface area (Å²) in [5, 5.41) is 8.84. The van der Waals surface area contributed by atoms with Crippen molar-refractivity contribution in [2.24, 2.45) is 5.92 Å². The molecule has 1 N–H and O–H groups in total. The van der Waals surface area contributed by atoms with Crippen LogP contribution in [0.3, 0.4) is 0 Å². The average Bonchev–Trinajstić information content (AvgIpc) is 2.05. The Balaban J connectivity index is 2.48. The Labute approximate surface area is 80.2 Å². The van der Waals surface area contributed by atoms with Gasteiger partial charge in [-0.2, -0.15) is 0 Å². The van der Waals surface area contributed by atoms with Crippen LogP contribution >= 0.6 is 15.9 Å². The zero-order valence-corrected chi connectivity index (χ0v) is 8.42. The van der Waals surface area contributed by atoms with Crippen LogP contribution in [0.2, 0.25) is 0 Å². The van der Waals surface area contributed by atoms with Crippen molar-refractivity contribution < 1.29 is 14.6 Å². The van der Waals surface area contributed by atoms with E-state index in [4.69, 9.17) is 9.84 Å². The number of alkyl halides is 1. The number of halogens is 1. The van der Waals surface area contributed by atoms with Crippen molar-refractivity contribution in [2.45, 2.75) is 31.8 Å². The zero-order chi connectivity index (χ0) is 8.97. The molecular formula is C8H13BrO3. The zero-order valence-electron chi connectivity index (χ0n) is 6.83. The SMILES string of the molecule is O=C(O)C1CCCCC1OCBr. The van der Waals surface area contributed by atoms with Gasteiger partial charge in [0.2, 0.25) is 0 Å². The van der Waals surface area contributed by atoms with Gasteiger partial charge in [-0.25, -0.2) is 0 Å². The summed E-state index contributed by atoms with van der Waals surface area (Å²) in [5.41, 5.74) is 0.432. The van der Waals surface area contributed by atoms with Crippen molar-refractivity contribution in [3.8, 4) is 0 Å². The molecule has 70 valence electrons. The van der Waals surface area contributed by atoms with Crippen molar-refractivity contribution >= 4 is 21.9 Å². The van der Waals surface area contributed by atoms with Crippen molar-refractivity contribution in [1.82, 2.24) is 0 Å². The maximum absolute atomic E-state index is 10.7. The Morgan fingerprint density at radius 2 is 2.17 bits per heavy atom. The number of aliphatic carboxylic acids is 1. The van der Waals surface area contributed by atoms with Gasteiger partial charge >= 0.3 is 5.97 Å². The molecule has 4 heteroatoms. The van der Waals surface area contributed by atoms with E-state index in [1.54, 1.807) is 0 Å². The molecule has 0 aliphatic heterocycles. The average molecular weight is 237 g/mol. The standard InChI is InChI=1S/C8H13BrO3/c9-5-12-7-4-2-1-3-6(7)8(10)11/h6-7H,1-5H2,(H,10,11). The number of carboxylic acids is 1. The van der Waals surface area contributed by atoms with Crippen molar-refractivity contribution in [1.29, 1.82) is 0 Å². The third-order valence-electron chi connectivity index (χ3n) is 2.30. The van der Waals surface area contributed by atoms with Gasteiger partial charge < -0.3 is 9.84 Å². The minimum Gasteiger partial charge on any atom is -0.481 e. The van der Waals surface area contributed by atoms with Crippen LogP contribution in [-0.4, -0.2) is 22.7 Å². The lowest BCUT2D eigenvalue weighted by Crippen LogP contribution is -2.33. The molecule has 12 heavy (non-hydrogen) atoms. The first kappa shape index (κ1) is 9.99. The predicted molar refractivity (Wildman–Crippen MR) is 48.3 cm³/mol. The molecule has 3 nitrogen and oxygen atoms in total. The fourth-order valence-electron chi connectivity index (χ4n) is 1.66. The lowest BCUT2D eigenvalue weighted by molar-refractivity contribution is -0.148. The van der Waals surface area contributed by atoms with Gasteiger partial charge in [0, 0.05) is 0 Å². The molecule has 1 rings (SSSR count). The van der Waals surface area contributed by atoms with E-state index in [2.05, 4.69) is 15.9 Å². The molecule has 1 fully saturated rings. The molecule has 0 radical (unpaired) electrons. The van der Waals surface area contributed by atoms with Crippen LogP contribution in [-0.2, 0) is 9.53 Å². The topological polar surface area (TPSA) is 46.5 Å². The Morgan fingerprint density at radius 3 is 2.75 bits per heavy atom. The first-order chi connectivity index (χ1) is 5.75. The highest BCUT2D eigenvalue weighted by Crippen LogP contribution is 2.27. The fraction of sp³-hybridized carbons (Fsp3) is 0.875. The summed E-state index contributed by atoms with van der Waals surface area (Å²) in [6.07, 6.45) is 3.64. The highest BCUT2D eigenvalue weighted by Gasteiger charge is 2.30. The second-order valence-corrected chi connectivity index (χ2v) is 3.50. The van der Waals surface area contributed by atoms with Crippen LogP contribution in [0, 0.1) is 5.92 Å². The first-order valence-electron chi connectivity index (χ1n) is 4.16. The van der Waals surface area contributed by atoms with Crippen LogP contribution in [0.5, 0.6) is 0 Å². The van der Waals surface area contributed by atoms with E-state index in [0.29, 0.717) is 5.52 Å². The Bertz CT molecular complexity index is 158. The molecule has 0 saturated heterocycles. The normalized spacial score (nSPS) is 30.1. The van der Waals surface area contributed by atoms with Gasteiger partial charge in [-0.15, -0.1) is 0 Å². The third-order valence-corrected chi connectivity index (χ3v) is 2.56. The quantitative estimate of drug-likeness (QED) is 0.763. The summed E-state index contributed by atoms with van der Waals surface area (Å²) >= 11 is 3.15. The van der Waals surface area contributed by atoms with Gasteiger partial charge in [-0.05, 0) is 12.8 Å². The van der Waals surface area contributed by atoms with Gasteiger partial charge in [0.05, 0.1) is 12.0 Å². The second kappa shape index (κ2) is 4.82. The summed E-state index contributed by atoms with van der Waals surface area (Å²) in [6.45, 7) is 0. The summed E-state index contributed by atoms with van der Waals surface area (Å²) in [5.74, 6) is -1.02. The number of carbonyl (C=O) groups is 1. The molecule has 2 atom stereocenters. The number of rotatable bonds is 3. The molecule has 1 saturated carbocycles. The smallest absolute Gasteiger partial charge is 0.309 e. The van der Waals surface area contributed by atoms with Crippen molar-refractivity contribution in [3.05, 3.63) is 0 Å². The van der Waals surface area contributed by atoms with Crippen LogP contribution in [0.25, 0.3) is 0 Å². The summed E-state index contributed by atoms with van der Waals surface area (Å²) in [7, 11) is 0. The van der Waals surface area contributed by atoms with Crippen LogP contribution in [0.4, 0.5) is 0 Å². The van der Waals surface area contributed by atoms with E-state index in [0.717, 1.165) is 25.7 Å². The molecule has 1 aliphatic rings. The molecule has 0 amide bonds. The van der Waals surface area contributed by atoms with Gasteiger partial charge in [0.25, 0.3) is 0 Å². The molecule has 0 aromatic heterocycles. The van der Waals surface area contributed by atoms with Crippen molar-refractivity contribution in [3.63, 3.8) is 0 Å². The summed E-state index contributed by atoms with van der Waals surface area (Å²) < 4.78 is 5.29. The maximum Gasteiger partial charge on any atom is 0.309 e. The third kappa shape index (κ3) is 2.45. The fourth-order valence-corrected chi connectivity index (χ4v) is 2.00.